The van der Waals surface area contributed by atoms with Crippen LogP contribution in [0, 0.1) is 0 Å². The number of aryl methyl sites for hydroxylation is 2. The molecule has 1 amide bonds. The molecule has 134 valence electrons. The number of hydrogen-bond donors (Lipinski definition) is 1. The number of ether oxygens (including phenoxy) is 2. The zero-order valence-electron chi connectivity index (χ0n) is 14.7. The summed E-state index contributed by atoms with van der Waals surface area (Å²) >= 11 is 5.86. The number of nitrogens with one attached hydrogen (secondary N) is 1. The maximum Gasteiger partial charge on any atom is 0.220 e. The predicted octanol–water partition coefficient (Wildman–Crippen LogP) is 4.04. The van der Waals surface area contributed by atoms with E-state index in [4.69, 9.17) is 21.1 Å². The van der Waals surface area contributed by atoms with Crippen molar-refractivity contribution in [3.63, 3.8) is 0 Å². The van der Waals surface area contributed by atoms with Crippen LogP contribution < -0.4 is 14.8 Å². The lowest BCUT2D eigenvalue weighted by atomic mass is 10.1. The first-order valence-corrected chi connectivity index (χ1v) is 8.72. The summed E-state index contributed by atoms with van der Waals surface area (Å²) in [5.41, 5.74) is 2.28. The number of methoxy groups -OCH3 is 2. The fourth-order valence-corrected chi connectivity index (χ4v) is 2.68. The molecule has 2 aromatic carbocycles. The van der Waals surface area contributed by atoms with Gasteiger partial charge in [-0.25, -0.2) is 0 Å². The average molecular weight is 362 g/mol. The summed E-state index contributed by atoms with van der Waals surface area (Å²) in [5, 5.41) is 3.71. The van der Waals surface area contributed by atoms with E-state index in [0.717, 1.165) is 23.4 Å². The second kappa shape index (κ2) is 9.94. The molecule has 0 aliphatic rings. The van der Waals surface area contributed by atoms with Gasteiger partial charge in [-0.1, -0.05) is 29.8 Å². The molecule has 0 heterocycles. The molecule has 4 nitrogen and oxygen atoms in total. The number of rotatable bonds is 9. The molecule has 0 aliphatic carbocycles. The fourth-order valence-electron chi connectivity index (χ4n) is 2.55. The molecule has 0 radical (unpaired) electrons. The molecule has 0 bridgehead atoms. The molecule has 0 fully saturated rings. The summed E-state index contributed by atoms with van der Waals surface area (Å²) in [6.45, 7) is 0.674. The molecule has 5 heteroatoms. The van der Waals surface area contributed by atoms with Crippen LogP contribution in [0.2, 0.25) is 5.02 Å². The Bertz CT molecular complexity index is 686. The lowest BCUT2D eigenvalue weighted by Gasteiger charge is -2.10. The van der Waals surface area contributed by atoms with Crippen molar-refractivity contribution < 1.29 is 14.3 Å². The van der Waals surface area contributed by atoms with Crippen LogP contribution in [0.3, 0.4) is 0 Å². The predicted molar refractivity (Wildman–Crippen MR) is 101 cm³/mol. The third kappa shape index (κ3) is 6.31. The summed E-state index contributed by atoms with van der Waals surface area (Å²) < 4.78 is 10.5. The van der Waals surface area contributed by atoms with Crippen molar-refractivity contribution in [2.24, 2.45) is 0 Å². The van der Waals surface area contributed by atoms with E-state index in [-0.39, 0.29) is 5.91 Å². The molecule has 0 saturated heterocycles. The number of benzene rings is 2. The highest BCUT2D eigenvalue weighted by atomic mass is 35.5. The maximum absolute atomic E-state index is 12.0. The van der Waals surface area contributed by atoms with Crippen LogP contribution in [0.5, 0.6) is 11.5 Å². The van der Waals surface area contributed by atoms with Gasteiger partial charge in [-0.2, -0.15) is 0 Å². The van der Waals surface area contributed by atoms with Gasteiger partial charge in [-0.05, 0) is 54.7 Å². The van der Waals surface area contributed by atoms with Crippen molar-refractivity contribution in [2.75, 3.05) is 20.8 Å². The van der Waals surface area contributed by atoms with E-state index in [9.17, 15) is 4.79 Å². The van der Waals surface area contributed by atoms with Crippen molar-refractivity contribution in [1.29, 1.82) is 0 Å². The van der Waals surface area contributed by atoms with Crippen LogP contribution in [0.15, 0.2) is 42.5 Å². The lowest BCUT2D eigenvalue weighted by molar-refractivity contribution is -0.121. The Morgan fingerprint density at radius 3 is 2.32 bits per heavy atom. The van der Waals surface area contributed by atoms with Crippen molar-refractivity contribution in [3.8, 4) is 11.5 Å². The van der Waals surface area contributed by atoms with E-state index in [0.29, 0.717) is 30.9 Å². The molecule has 25 heavy (non-hydrogen) atoms. The van der Waals surface area contributed by atoms with Gasteiger partial charge in [0.05, 0.1) is 14.2 Å². The van der Waals surface area contributed by atoms with Crippen molar-refractivity contribution in [1.82, 2.24) is 5.32 Å². The first-order chi connectivity index (χ1) is 12.1. The highest BCUT2D eigenvalue weighted by molar-refractivity contribution is 6.30. The van der Waals surface area contributed by atoms with E-state index in [1.54, 1.807) is 14.2 Å². The van der Waals surface area contributed by atoms with Gasteiger partial charge in [0.15, 0.2) is 11.5 Å². The molecule has 0 aliphatic heterocycles. The Morgan fingerprint density at radius 2 is 1.64 bits per heavy atom. The Balaban J connectivity index is 1.69. The van der Waals surface area contributed by atoms with E-state index >= 15 is 0 Å². The van der Waals surface area contributed by atoms with Crippen molar-refractivity contribution in [3.05, 3.63) is 58.6 Å². The number of hydrogen-bond acceptors (Lipinski definition) is 3. The van der Waals surface area contributed by atoms with Gasteiger partial charge in [0.1, 0.15) is 0 Å². The van der Waals surface area contributed by atoms with E-state index < -0.39 is 0 Å². The minimum Gasteiger partial charge on any atom is -0.493 e. The van der Waals surface area contributed by atoms with Gasteiger partial charge in [-0.3, -0.25) is 4.79 Å². The minimum absolute atomic E-state index is 0.0610. The minimum atomic E-state index is 0.0610. The highest BCUT2D eigenvalue weighted by Crippen LogP contribution is 2.27. The third-order valence-corrected chi connectivity index (χ3v) is 4.22. The van der Waals surface area contributed by atoms with Gasteiger partial charge in [0.2, 0.25) is 5.91 Å². The second-order valence-corrected chi connectivity index (χ2v) is 6.21. The zero-order chi connectivity index (χ0) is 18.1. The number of carbonyl (C=O) groups excluding carboxylic acids is 1. The maximum atomic E-state index is 12.0. The average Bonchev–Trinajstić information content (AvgIpc) is 2.64. The topological polar surface area (TPSA) is 47.6 Å². The molecule has 2 rings (SSSR count). The quantitative estimate of drug-likeness (QED) is 0.686. The molecule has 2 aromatic rings. The molecule has 0 atom stereocenters. The first kappa shape index (κ1) is 19.1. The Kier molecular flexibility index (Phi) is 7.61. The molecular weight excluding hydrogens is 338 g/mol. The molecule has 0 aromatic heterocycles. The van der Waals surface area contributed by atoms with Gasteiger partial charge in [0, 0.05) is 18.0 Å². The monoisotopic (exact) mass is 361 g/mol. The summed E-state index contributed by atoms with van der Waals surface area (Å²) in [7, 11) is 3.21. The van der Waals surface area contributed by atoms with Gasteiger partial charge in [-0.15, -0.1) is 0 Å². The summed E-state index contributed by atoms with van der Waals surface area (Å²) in [5.74, 6) is 1.44. The third-order valence-electron chi connectivity index (χ3n) is 3.97. The summed E-state index contributed by atoms with van der Waals surface area (Å²) in [6, 6.07) is 13.5. The van der Waals surface area contributed by atoms with E-state index in [2.05, 4.69) is 5.32 Å². The van der Waals surface area contributed by atoms with Crippen molar-refractivity contribution >= 4 is 17.5 Å². The van der Waals surface area contributed by atoms with Crippen LogP contribution in [0.1, 0.15) is 24.0 Å². The highest BCUT2D eigenvalue weighted by Gasteiger charge is 2.07. The lowest BCUT2D eigenvalue weighted by Crippen LogP contribution is -2.24. The molecule has 1 N–H and O–H groups in total. The Hall–Kier alpha value is -2.20. The first-order valence-electron chi connectivity index (χ1n) is 8.34. The zero-order valence-corrected chi connectivity index (χ0v) is 15.4. The summed E-state index contributed by atoms with van der Waals surface area (Å²) in [6.07, 6.45) is 2.96. The standard InChI is InChI=1S/C20H24ClNO3/c1-24-18-11-7-16(14-19(18)25-2)8-12-20(23)22-13-3-4-15-5-9-17(21)10-6-15/h5-7,9-11,14H,3-4,8,12-13H2,1-2H3,(H,22,23). The Labute approximate surface area is 154 Å². The Morgan fingerprint density at radius 1 is 0.960 bits per heavy atom. The van der Waals surface area contributed by atoms with Crippen LogP contribution in [0.4, 0.5) is 0 Å². The summed E-state index contributed by atoms with van der Waals surface area (Å²) in [4.78, 5) is 12.0. The largest absolute Gasteiger partial charge is 0.493 e. The fraction of sp³-hybridized carbons (Fsp3) is 0.350. The molecule has 0 saturated carbocycles. The molecule has 0 spiro atoms. The van der Waals surface area contributed by atoms with Crippen LogP contribution in [-0.4, -0.2) is 26.7 Å². The SMILES string of the molecule is COc1ccc(CCC(=O)NCCCc2ccc(Cl)cc2)cc1OC. The van der Waals surface area contributed by atoms with Crippen LogP contribution in [0.25, 0.3) is 0 Å². The number of carbonyl (C=O) groups is 1. The van der Waals surface area contributed by atoms with Crippen molar-refractivity contribution in [2.45, 2.75) is 25.7 Å². The molecular formula is C20H24ClNO3. The number of amides is 1. The van der Waals surface area contributed by atoms with E-state index in [1.165, 1.54) is 5.56 Å². The van der Waals surface area contributed by atoms with Gasteiger partial charge < -0.3 is 14.8 Å². The van der Waals surface area contributed by atoms with Crippen LogP contribution >= 0.6 is 11.6 Å². The van der Waals surface area contributed by atoms with Gasteiger partial charge >= 0.3 is 0 Å². The van der Waals surface area contributed by atoms with Crippen LogP contribution in [-0.2, 0) is 17.6 Å². The normalized spacial score (nSPS) is 10.4. The van der Waals surface area contributed by atoms with E-state index in [1.807, 2.05) is 42.5 Å². The molecule has 0 unspecified atom stereocenters. The van der Waals surface area contributed by atoms with Gasteiger partial charge in [0.25, 0.3) is 0 Å². The smallest absolute Gasteiger partial charge is 0.220 e. The number of halogens is 1. The second-order valence-electron chi connectivity index (χ2n) is 5.77.